The molecule has 0 bridgehead atoms. The van der Waals surface area contributed by atoms with Crippen LogP contribution in [0.25, 0.3) is 0 Å². The van der Waals surface area contributed by atoms with Gasteiger partial charge in [0.15, 0.2) is 5.75 Å². The number of hydrogen-bond acceptors (Lipinski definition) is 4. The third kappa shape index (κ3) is 5.36. The lowest BCUT2D eigenvalue weighted by Crippen LogP contribution is -2.10. The van der Waals surface area contributed by atoms with E-state index in [4.69, 9.17) is 14.3 Å². The van der Waals surface area contributed by atoms with Crippen molar-refractivity contribution in [1.82, 2.24) is 0 Å². The van der Waals surface area contributed by atoms with Gasteiger partial charge in [0, 0.05) is 12.0 Å². The number of para-hydroxylation sites is 1. The van der Waals surface area contributed by atoms with Crippen molar-refractivity contribution in [3.05, 3.63) is 29.8 Å². The maximum atomic E-state index is 9.19. The molecule has 6 heteroatoms. The van der Waals surface area contributed by atoms with Gasteiger partial charge in [0.1, 0.15) is 0 Å². The van der Waals surface area contributed by atoms with Crippen LogP contribution >= 0.6 is 0 Å². The Hall–Kier alpha value is -1.11. The second-order valence-electron chi connectivity index (χ2n) is 3.00. The summed E-state index contributed by atoms with van der Waals surface area (Å²) in [6, 6.07) is 7.91. The van der Waals surface area contributed by atoms with Crippen LogP contribution in [0.2, 0.25) is 0 Å². The molecule has 1 aromatic rings. The normalized spacial score (nSPS) is 14.3. The Bertz CT molecular complexity index is 379. The van der Waals surface area contributed by atoms with Gasteiger partial charge in [-0.15, -0.1) is 0 Å². The second kappa shape index (κ2) is 5.11. The molecule has 1 aromatic carbocycles. The molecule has 0 aliphatic carbocycles. The molecule has 2 rings (SSSR count). The van der Waals surface area contributed by atoms with Crippen LogP contribution in [0, 0.1) is 0 Å². The molecule has 15 heavy (non-hydrogen) atoms. The van der Waals surface area contributed by atoms with Crippen molar-refractivity contribution < 1.29 is 22.7 Å². The van der Waals surface area contributed by atoms with E-state index in [1.54, 1.807) is 0 Å². The molecule has 0 saturated carbocycles. The van der Waals surface area contributed by atoms with Crippen LogP contribution in [0.3, 0.4) is 0 Å². The summed E-state index contributed by atoms with van der Waals surface area (Å²) >= 11 is 0. The zero-order chi connectivity index (χ0) is 11.3. The molecular weight excluding hydrogens is 220 g/mol. The van der Waals surface area contributed by atoms with E-state index >= 15 is 0 Å². The summed E-state index contributed by atoms with van der Waals surface area (Å²) in [6.07, 6.45) is 1.67. The van der Waals surface area contributed by atoms with Crippen LogP contribution in [0.4, 0.5) is 0 Å². The lowest BCUT2D eigenvalue weighted by Gasteiger charge is -2.14. The van der Waals surface area contributed by atoms with Crippen LogP contribution in [-0.2, 0) is 21.4 Å². The highest BCUT2D eigenvalue weighted by Gasteiger charge is 2.08. The van der Waals surface area contributed by atoms with Gasteiger partial charge in [0.05, 0.1) is 12.9 Å². The lowest BCUT2D eigenvalue weighted by molar-refractivity contribution is -0.215. The van der Waals surface area contributed by atoms with Gasteiger partial charge in [-0.2, -0.15) is 13.3 Å². The topological polar surface area (TPSA) is 72.8 Å². The van der Waals surface area contributed by atoms with E-state index in [1.165, 1.54) is 5.56 Å². The minimum atomic E-state index is -3.67. The Labute approximate surface area is 88.3 Å². The van der Waals surface area contributed by atoms with Crippen LogP contribution in [0.5, 0.6) is 5.75 Å². The summed E-state index contributed by atoms with van der Waals surface area (Å²) in [5.74, 6) is 0.855. The summed E-state index contributed by atoms with van der Waals surface area (Å²) in [6.45, 7) is 0.664. The first kappa shape index (κ1) is 12.0. The Morgan fingerprint density at radius 1 is 1.33 bits per heavy atom. The average molecular weight is 232 g/mol. The van der Waals surface area contributed by atoms with Crippen molar-refractivity contribution in [2.24, 2.45) is 0 Å². The summed E-state index contributed by atoms with van der Waals surface area (Å²) in [5.41, 5.74) is 1.23. The average Bonchev–Trinajstić information content (AvgIpc) is 2.16. The Kier molecular flexibility index (Phi) is 4.07. The van der Waals surface area contributed by atoms with E-state index in [0.717, 1.165) is 12.2 Å². The molecule has 0 amide bonds. The van der Waals surface area contributed by atoms with Crippen molar-refractivity contribution in [2.45, 2.75) is 6.42 Å². The van der Waals surface area contributed by atoms with Crippen molar-refractivity contribution >= 4 is 10.1 Å². The van der Waals surface area contributed by atoms with Gasteiger partial charge in [0.25, 0.3) is 10.1 Å². The number of hydrogen-bond donors (Lipinski definition) is 1. The fourth-order valence-electron chi connectivity index (χ4n) is 1.05. The maximum absolute atomic E-state index is 9.19. The molecule has 0 atom stereocenters. The molecular formula is C9H12O5S. The highest BCUT2D eigenvalue weighted by atomic mass is 32.2. The summed E-state index contributed by atoms with van der Waals surface area (Å²) < 4.78 is 25.9. The molecule has 0 saturated heterocycles. The Morgan fingerprint density at radius 2 is 1.93 bits per heavy atom. The number of benzene rings is 1. The highest BCUT2D eigenvalue weighted by molar-refractivity contribution is 7.85. The minimum absolute atomic E-state index is 0.664. The first-order valence-corrected chi connectivity index (χ1v) is 6.11. The third-order valence-corrected chi connectivity index (χ3v) is 1.58. The minimum Gasteiger partial charge on any atom is -0.337 e. The molecule has 84 valence electrons. The maximum Gasteiger partial charge on any atom is 0.261 e. The zero-order valence-corrected chi connectivity index (χ0v) is 9.03. The SMILES string of the molecule is CS(=O)(=O)O.c1ccc2c(c1)CCOO2. The monoisotopic (exact) mass is 232 g/mol. The number of rotatable bonds is 0. The molecule has 5 nitrogen and oxygen atoms in total. The summed E-state index contributed by atoms with van der Waals surface area (Å²) in [5, 5.41) is 0. The molecule has 0 spiro atoms. The van der Waals surface area contributed by atoms with Gasteiger partial charge in [-0.3, -0.25) is 4.55 Å². The molecule has 1 aliphatic rings. The fourth-order valence-corrected chi connectivity index (χ4v) is 1.05. The fraction of sp³-hybridized carbons (Fsp3) is 0.333. The third-order valence-electron chi connectivity index (χ3n) is 1.58. The van der Waals surface area contributed by atoms with Gasteiger partial charge in [-0.05, 0) is 6.07 Å². The quantitative estimate of drug-likeness (QED) is 0.534. The highest BCUT2D eigenvalue weighted by Crippen LogP contribution is 2.21. The van der Waals surface area contributed by atoms with Crippen LogP contribution in [-0.4, -0.2) is 25.8 Å². The summed E-state index contributed by atoms with van der Waals surface area (Å²) in [7, 11) is -3.67. The van der Waals surface area contributed by atoms with E-state index in [1.807, 2.05) is 18.2 Å². The van der Waals surface area contributed by atoms with Crippen molar-refractivity contribution in [3.63, 3.8) is 0 Å². The van der Waals surface area contributed by atoms with E-state index in [-0.39, 0.29) is 0 Å². The van der Waals surface area contributed by atoms with E-state index < -0.39 is 10.1 Å². The standard InChI is InChI=1S/C8H8O2.CH4O3S/c1-2-4-8-7(3-1)5-6-9-10-8;1-5(2,3)4/h1-4H,5-6H2;1H3,(H,2,3,4). The van der Waals surface area contributed by atoms with Crippen molar-refractivity contribution in [1.29, 1.82) is 0 Å². The van der Waals surface area contributed by atoms with Gasteiger partial charge >= 0.3 is 0 Å². The van der Waals surface area contributed by atoms with Gasteiger partial charge in [0.2, 0.25) is 0 Å². The lowest BCUT2D eigenvalue weighted by atomic mass is 10.1. The molecule has 0 unspecified atom stereocenters. The van der Waals surface area contributed by atoms with E-state index in [0.29, 0.717) is 12.9 Å². The Balaban J connectivity index is 0.000000195. The molecule has 0 aromatic heterocycles. The van der Waals surface area contributed by atoms with E-state index in [9.17, 15) is 8.42 Å². The van der Waals surface area contributed by atoms with Crippen molar-refractivity contribution in [3.8, 4) is 5.75 Å². The van der Waals surface area contributed by atoms with Crippen LogP contribution in [0.1, 0.15) is 5.56 Å². The molecule has 0 fully saturated rings. The van der Waals surface area contributed by atoms with Crippen molar-refractivity contribution in [2.75, 3.05) is 12.9 Å². The smallest absolute Gasteiger partial charge is 0.261 e. The summed E-state index contributed by atoms with van der Waals surface area (Å²) in [4.78, 5) is 9.72. The molecule has 1 N–H and O–H groups in total. The van der Waals surface area contributed by atoms with Gasteiger partial charge in [-0.25, -0.2) is 0 Å². The van der Waals surface area contributed by atoms with Crippen LogP contribution in [0.15, 0.2) is 24.3 Å². The largest absolute Gasteiger partial charge is 0.337 e. The predicted molar refractivity (Wildman–Crippen MR) is 54.2 cm³/mol. The molecule has 1 heterocycles. The van der Waals surface area contributed by atoms with Gasteiger partial charge < -0.3 is 4.89 Å². The Morgan fingerprint density at radius 3 is 2.53 bits per heavy atom. The molecule has 1 aliphatic heterocycles. The van der Waals surface area contributed by atoms with Crippen LogP contribution < -0.4 is 4.89 Å². The first-order chi connectivity index (χ1) is 6.97. The zero-order valence-electron chi connectivity index (χ0n) is 8.21. The molecule has 0 radical (unpaired) electrons. The second-order valence-corrected chi connectivity index (χ2v) is 4.46. The predicted octanol–water partition coefficient (Wildman–Crippen LogP) is 1.06. The van der Waals surface area contributed by atoms with Gasteiger partial charge in [-0.1, -0.05) is 18.2 Å². The van der Waals surface area contributed by atoms with E-state index in [2.05, 4.69) is 6.07 Å². The first-order valence-electron chi connectivity index (χ1n) is 4.26. The number of fused-ring (bicyclic) bond motifs is 1.